The summed E-state index contributed by atoms with van der Waals surface area (Å²) in [4.78, 5) is 18.9. The summed E-state index contributed by atoms with van der Waals surface area (Å²) in [5.74, 6) is 2.12. The lowest BCUT2D eigenvalue weighted by Crippen LogP contribution is -2.24. The van der Waals surface area contributed by atoms with Crippen LogP contribution in [0.25, 0.3) is 11.4 Å². The molecular weight excluding hydrogens is 454 g/mol. The van der Waals surface area contributed by atoms with Gasteiger partial charge in [-0.2, -0.15) is 4.98 Å². The van der Waals surface area contributed by atoms with Gasteiger partial charge in [0.1, 0.15) is 0 Å². The van der Waals surface area contributed by atoms with Crippen LogP contribution in [-0.4, -0.2) is 43.9 Å². The van der Waals surface area contributed by atoms with Crippen molar-refractivity contribution in [2.45, 2.75) is 12.3 Å². The summed E-state index contributed by atoms with van der Waals surface area (Å²) in [5, 5.41) is 4.08. The SMILES string of the molecule is COc1cc(N2CC(c3nc(-c4cccc(Br)c4)no3)CC2=O)cc(OC)c1OC. The first-order valence-electron chi connectivity index (χ1n) is 9.24. The molecular formula is C21H20BrN3O5. The van der Waals surface area contributed by atoms with Gasteiger partial charge < -0.3 is 23.6 Å². The molecule has 30 heavy (non-hydrogen) atoms. The Morgan fingerprint density at radius 3 is 2.47 bits per heavy atom. The van der Waals surface area contributed by atoms with Gasteiger partial charge in [-0.1, -0.05) is 33.2 Å². The van der Waals surface area contributed by atoms with Crippen molar-refractivity contribution in [3.05, 3.63) is 46.8 Å². The largest absolute Gasteiger partial charge is 0.493 e. The van der Waals surface area contributed by atoms with E-state index in [1.807, 2.05) is 24.3 Å². The molecule has 1 saturated heterocycles. The maximum Gasteiger partial charge on any atom is 0.232 e. The molecule has 0 radical (unpaired) electrons. The van der Waals surface area contributed by atoms with Gasteiger partial charge in [0.05, 0.1) is 32.9 Å². The van der Waals surface area contributed by atoms with Gasteiger partial charge in [0.2, 0.25) is 23.4 Å². The van der Waals surface area contributed by atoms with Crippen molar-refractivity contribution in [2.75, 3.05) is 32.8 Å². The number of carbonyl (C=O) groups is 1. The molecule has 1 unspecified atom stereocenters. The van der Waals surface area contributed by atoms with E-state index in [0.717, 1.165) is 10.0 Å². The summed E-state index contributed by atoms with van der Waals surface area (Å²) in [7, 11) is 4.62. The van der Waals surface area contributed by atoms with Gasteiger partial charge in [0.25, 0.3) is 0 Å². The first-order valence-corrected chi connectivity index (χ1v) is 10.0. The summed E-state index contributed by atoms with van der Waals surface area (Å²) < 4.78 is 22.6. The fourth-order valence-corrected chi connectivity index (χ4v) is 3.89. The molecule has 2 heterocycles. The third kappa shape index (κ3) is 3.72. The minimum absolute atomic E-state index is 0.0449. The molecule has 0 aliphatic carbocycles. The zero-order valence-corrected chi connectivity index (χ0v) is 18.3. The van der Waals surface area contributed by atoms with Crippen LogP contribution in [0.1, 0.15) is 18.2 Å². The Kier molecular flexibility index (Phi) is 5.63. The summed E-state index contributed by atoms with van der Waals surface area (Å²) in [6.07, 6.45) is 0.275. The number of ether oxygens (including phenoxy) is 3. The Bertz CT molecular complexity index is 1060. The van der Waals surface area contributed by atoms with Crippen molar-refractivity contribution in [1.29, 1.82) is 0 Å². The Hall–Kier alpha value is -3.07. The van der Waals surface area contributed by atoms with Crippen molar-refractivity contribution >= 4 is 27.5 Å². The van der Waals surface area contributed by atoms with Crippen molar-refractivity contribution in [3.8, 4) is 28.6 Å². The number of anilines is 1. The molecule has 1 aromatic heterocycles. The number of hydrogen-bond acceptors (Lipinski definition) is 7. The van der Waals surface area contributed by atoms with E-state index in [2.05, 4.69) is 26.1 Å². The summed E-state index contributed by atoms with van der Waals surface area (Å²) >= 11 is 3.44. The molecule has 3 aromatic rings. The molecule has 1 fully saturated rings. The van der Waals surface area contributed by atoms with E-state index >= 15 is 0 Å². The third-order valence-corrected chi connectivity index (χ3v) is 5.45. The van der Waals surface area contributed by atoms with Gasteiger partial charge in [0, 0.05) is 35.1 Å². The molecule has 4 rings (SSSR count). The first-order chi connectivity index (χ1) is 14.5. The predicted octanol–water partition coefficient (Wildman–Crippen LogP) is 4.05. The number of amides is 1. The minimum Gasteiger partial charge on any atom is -0.493 e. The maximum atomic E-state index is 12.8. The van der Waals surface area contributed by atoms with Gasteiger partial charge >= 0.3 is 0 Å². The quantitative estimate of drug-likeness (QED) is 0.533. The number of benzene rings is 2. The molecule has 1 amide bonds. The average molecular weight is 474 g/mol. The van der Waals surface area contributed by atoms with E-state index in [-0.39, 0.29) is 18.2 Å². The molecule has 0 spiro atoms. The lowest BCUT2D eigenvalue weighted by atomic mass is 10.1. The van der Waals surface area contributed by atoms with Crippen LogP contribution < -0.4 is 19.1 Å². The lowest BCUT2D eigenvalue weighted by molar-refractivity contribution is -0.117. The lowest BCUT2D eigenvalue weighted by Gasteiger charge is -2.20. The number of aromatic nitrogens is 2. The van der Waals surface area contributed by atoms with Crippen molar-refractivity contribution in [3.63, 3.8) is 0 Å². The van der Waals surface area contributed by atoms with Gasteiger partial charge in [-0.15, -0.1) is 0 Å². The molecule has 8 nitrogen and oxygen atoms in total. The number of rotatable bonds is 6. The summed E-state index contributed by atoms with van der Waals surface area (Å²) in [6.45, 7) is 0.414. The topological polar surface area (TPSA) is 86.9 Å². The Morgan fingerprint density at radius 1 is 1.10 bits per heavy atom. The second-order valence-corrected chi connectivity index (χ2v) is 7.67. The summed E-state index contributed by atoms with van der Waals surface area (Å²) in [5.41, 5.74) is 1.49. The van der Waals surface area contributed by atoms with E-state index in [1.54, 1.807) is 17.0 Å². The smallest absolute Gasteiger partial charge is 0.232 e. The molecule has 2 aromatic carbocycles. The third-order valence-electron chi connectivity index (χ3n) is 4.96. The second kappa shape index (κ2) is 8.35. The van der Waals surface area contributed by atoms with Crippen LogP contribution in [0.5, 0.6) is 17.2 Å². The van der Waals surface area contributed by atoms with Crippen molar-refractivity contribution in [1.82, 2.24) is 10.1 Å². The number of methoxy groups -OCH3 is 3. The van der Waals surface area contributed by atoms with Crippen LogP contribution >= 0.6 is 15.9 Å². The fourth-order valence-electron chi connectivity index (χ4n) is 3.49. The molecule has 0 bridgehead atoms. The Balaban J connectivity index is 1.60. The highest BCUT2D eigenvalue weighted by molar-refractivity contribution is 9.10. The number of halogens is 1. The van der Waals surface area contributed by atoms with Gasteiger partial charge in [0.15, 0.2) is 11.5 Å². The Morgan fingerprint density at radius 2 is 1.83 bits per heavy atom. The van der Waals surface area contributed by atoms with Crippen molar-refractivity contribution < 1.29 is 23.5 Å². The molecule has 0 saturated carbocycles. The number of nitrogens with zero attached hydrogens (tertiary/aromatic N) is 3. The minimum atomic E-state index is -0.204. The standard InChI is InChI=1S/C21H20BrN3O5/c1-27-16-9-15(10-17(28-2)19(16)29-3)25-11-13(8-18(25)26)21-23-20(24-30-21)12-5-4-6-14(22)7-12/h4-7,9-10,13H,8,11H2,1-3H3. The van der Waals surface area contributed by atoms with E-state index in [1.165, 1.54) is 21.3 Å². The average Bonchev–Trinajstić information content (AvgIpc) is 3.39. The normalized spacial score (nSPS) is 16.1. The van der Waals surface area contributed by atoms with Crippen molar-refractivity contribution in [2.24, 2.45) is 0 Å². The first kappa shape index (κ1) is 20.2. The van der Waals surface area contributed by atoms with Crippen LogP contribution in [0.15, 0.2) is 45.4 Å². The van der Waals surface area contributed by atoms with Crippen LogP contribution in [0.3, 0.4) is 0 Å². The van der Waals surface area contributed by atoms with Gasteiger partial charge in [-0.3, -0.25) is 4.79 Å². The highest BCUT2D eigenvalue weighted by Crippen LogP contribution is 2.43. The zero-order valence-electron chi connectivity index (χ0n) is 16.7. The van der Waals surface area contributed by atoms with Gasteiger partial charge in [-0.05, 0) is 12.1 Å². The van der Waals surface area contributed by atoms with E-state index in [4.69, 9.17) is 18.7 Å². The number of hydrogen-bond donors (Lipinski definition) is 0. The molecule has 1 aliphatic rings. The zero-order chi connectivity index (χ0) is 21.3. The molecule has 0 N–H and O–H groups in total. The van der Waals surface area contributed by atoms with Crippen LogP contribution in [0.2, 0.25) is 0 Å². The summed E-state index contributed by atoms with van der Waals surface area (Å²) in [6, 6.07) is 11.2. The van der Waals surface area contributed by atoms with Crippen LogP contribution in [-0.2, 0) is 4.79 Å². The van der Waals surface area contributed by atoms with E-state index in [9.17, 15) is 4.79 Å². The molecule has 156 valence electrons. The highest BCUT2D eigenvalue weighted by atomic mass is 79.9. The van der Waals surface area contributed by atoms with E-state index in [0.29, 0.717) is 41.2 Å². The molecule has 1 atom stereocenters. The van der Waals surface area contributed by atoms with Crippen LogP contribution in [0.4, 0.5) is 5.69 Å². The highest BCUT2D eigenvalue weighted by Gasteiger charge is 2.36. The predicted molar refractivity (Wildman–Crippen MR) is 113 cm³/mol. The maximum absolute atomic E-state index is 12.8. The van der Waals surface area contributed by atoms with Gasteiger partial charge in [-0.25, -0.2) is 0 Å². The van der Waals surface area contributed by atoms with Crippen LogP contribution in [0, 0.1) is 0 Å². The number of carbonyl (C=O) groups excluding carboxylic acids is 1. The van der Waals surface area contributed by atoms with E-state index < -0.39 is 0 Å². The fraction of sp³-hybridized carbons (Fsp3) is 0.286. The molecule has 1 aliphatic heterocycles. The Labute approximate surface area is 181 Å². The second-order valence-electron chi connectivity index (χ2n) is 6.76. The molecule has 9 heteroatoms. The monoisotopic (exact) mass is 473 g/mol.